The van der Waals surface area contributed by atoms with E-state index >= 15 is 0 Å². The molecule has 0 bridgehead atoms. The summed E-state index contributed by atoms with van der Waals surface area (Å²) >= 11 is 6.07. The summed E-state index contributed by atoms with van der Waals surface area (Å²) in [6.45, 7) is 6.70. The Morgan fingerprint density at radius 2 is 1.57 bits per heavy atom. The molecule has 2 amide bonds. The first-order chi connectivity index (χ1) is 16.8. The number of hydrogen-bond donors (Lipinski definition) is 1. The lowest BCUT2D eigenvalue weighted by atomic mass is 10.0. The van der Waals surface area contributed by atoms with Crippen molar-refractivity contribution in [2.24, 2.45) is 5.92 Å². The van der Waals surface area contributed by atoms with Crippen LogP contribution >= 0.6 is 11.6 Å². The van der Waals surface area contributed by atoms with Crippen LogP contribution in [0.3, 0.4) is 0 Å². The van der Waals surface area contributed by atoms with Crippen LogP contribution in [-0.2, 0) is 22.6 Å². The van der Waals surface area contributed by atoms with Crippen molar-refractivity contribution in [1.29, 1.82) is 0 Å². The molecule has 0 unspecified atom stereocenters. The zero-order chi connectivity index (χ0) is 25.2. The quantitative estimate of drug-likeness (QED) is 0.387. The van der Waals surface area contributed by atoms with Crippen LogP contribution in [0.15, 0.2) is 78.9 Å². The number of aryl methyl sites for hydroxylation is 1. The largest absolute Gasteiger partial charge is 0.484 e. The Hall–Kier alpha value is -3.31. The molecule has 0 radical (unpaired) electrons. The highest BCUT2D eigenvalue weighted by Gasteiger charge is 2.30. The molecule has 6 heteroatoms. The molecule has 1 atom stereocenters. The Kier molecular flexibility index (Phi) is 9.74. The molecule has 0 fully saturated rings. The second-order valence-corrected chi connectivity index (χ2v) is 9.53. The number of carbonyl (C=O) groups excluding carboxylic acids is 2. The van der Waals surface area contributed by atoms with Gasteiger partial charge < -0.3 is 15.0 Å². The van der Waals surface area contributed by atoms with E-state index in [2.05, 4.69) is 5.32 Å². The molecule has 0 aliphatic rings. The third-order valence-corrected chi connectivity index (χ3v) is 5.86. The van der Waals surface area contributed by atoms with Gasteiger partial charge in [0.05, 0.1) is 0 Å². The fourth-order valence-corrected chi connectivity index (χ4v) is 3.75. The van der Waals surface area contributed by atoms with Crippen LogP contribution in [0.5, 0.6) is 5.75 Å². The highest BCUT2D eigenvalue weighted by Crippen LogP contribution is 2.18. The van der Waals surface area contributed by atoms with Gasteiger partial charge in [-0.25, -0.2) is 0 Å². The normalized spacial score (nSPS) is 11.7. The van der Waals surface area contributed by atoms with Gasteiger partial charge in [0.2, 0.25) is 5.91 Å². The third-order valence-electron chi connectivity index (χ3n) is 5.61. The molecule has 0 aliphatic carbocycles. The molecule has 184 valence electrons. The summed E-state index contributed by atoms with van der Waals surface area (Å²) < 4.78 is 5.79. The number of halogens is 1. The standard InChI is InChI=1S/C29H33ClN2O3/c1-21(2)18-31-29(34)27(17-23-7-5-4-6-8-23)32(19-24-11-13-25(30)14-12-24)28(33)20-35-26-15-9-22(3)10-16-26/h4-16,21,27H,17-20H2,1-3H3,(H,31,34)/t27-/m0/s1. The highest BCUT2D eigenvalue weighted by atomic mass is 35.5. The van der Waals surface area contributed by atoms with Gasteiger partial charge in [-0.05, 0) is 48.2 Å². The van der Waals surface area contributed by atoms with Crippen molar-refractivity contribution in [2.45, 2.75) is 39.8 Å². The summed E-state index contributed by atoms with van der Waals surface area (Å²) in [5.41, 5.74) is 2.97. The van der Waals surface area contributed by atoms with Crippen LogP contribution < -0.4 is 10.1 Å². The van der Waals surface area contributed by atoms with E-state index in [9.17, 15) is 9.59 Å². The lowest BCUT2D eigenvalue weighted by molar-refractivity contribution is -0.142. The number of hydrogen-bond acceptors (Lipinski definition) is 3. The van der Waals surface area contributed by atoms with Crippen molar-refractivity contribution >= 4 is 23.4 Å². The lowest BCUT2D eigenvalue weighted by Gasteiger charge is -2.31. The van der Waals surface area contributed by atoms with Gasteiger partial charge in [0.15, 0.2) is 6.61 Å². The number of benzene rings is 3. The smallest absolute Gasteiger partial charge is 0.261 e. The van der Waals surface area contributed by atoms with E-state index in [1.54, 1.807) is 17.0 Å². The Morgan fingerprint density at radius 1 is 0.914 bits per heavy atom. The van der Waals surface area contributed by atoms with Crippen LogP contribution in [0.4, 0.5) is 0 Å². The predicted molar refractivity (Wildman–Crippen MR) is 140 cm³/mol. The van der Waals surface area contributed by atoms with Crippen molar-refractivity contribution in [1.82, 2.24) is 10.2 Å². The summed E-state index contributed by atoms with van der Waals surface area (Å²) in [7, 11) is 0. The zero-order valence-corrected chi connectivity index (χ0v) is 21.3. The molecule has 0 aliphatic heterocycles. The minimum Gasteiger partial charge on any atom is -0.484 e. The number of ether oxygens (including phenoxy) is 1. The van der Waals surface area contributed by atoms with Gasteiger partial charge in [-0.1, -0.05) is 85.6 Å². The van der Waals surface area contributed by atoms with Crippen molar-refractivity contribution in [3.05, 3.63) is 101 Å². The van der Waals surface area contributed by atoms with E-state index in [1.165, 1.54) is 0 Å². The van der Waals surface area contributed by atoms with Crippen LogP contribution in [0, 0.1) is 12.8 Å². The van der Waals surface area contributed by atoms with Crippen molar-refractivity contribution in [3.8, 4) is 5.75 Å². The fraction of sp³-hybridized carbons (Fsp3) is 0.310. The Morgan fingerprint density at radius 3 is 2.20 bits per heavy atom. The first-order valence-electron chi connectivity index (χ1n) is 11.9. The second-order valence-electron chi connectivity index (χ2n) is 9.09. The maximum Gasteiger partial charge on any atom is 0.261 e. The molecule has 3 aromatic carbocycles. The van der Waals surface area contributed by atoms with E-state index < -0.39 is 6.04 Å². The van der Waals surface area contributed by atoms with Crippen molar-refractivity contribution in [3.63, 3.8) is 0 Å². The van der Waals surface area contributed by atoms with Crippen LogP contribution in [0.25, 0.3) is 0 Å². The Bertz CT molecular complexity index is 1080. The molecule has 5 nitrogen and oxygen atoms in total. The average molecular weight is 493 g/mol. The van der Waals surface area contributed by atoms with Crippen LogP contribution in [-0.4, -0.2) is 35.9 Å². The molecule has 35 heavy (non-hydrogen) atoms. The minimum absolute atomic E-state index is 0.167. The number of nitrogens with zero attached hydrogens (tertiary/aromatic N) is 1. The van der Waals surface area contributed by atoms with Gasteiger partial charge in [0, 0.05) is 24.5 Å². The van der Waals surface area contributed by atoms with Gasteiger partial charge in [0.25, 0.3) is 5.91 Å². The van der Waals surface area contributed by atoms with E-state index in [0.29, 0.717) is 29.7 Å². The molecule has 0 saturated carbocycles. The van der Waals surface area contributed by atoms with Gasteiger partial charge in [-0.2, -0.15) is 0 Å². The third kappa shape index (κ3) is 8.45. The zero-order valence-electron chi connectivity index (χ0n) is 20.5. The van der Waals surface area contributed by atoms with Crippen LogP contribution in [0.1, 0.15) is 30.5 Å². The van der Waals surface area contributed by atoms with Gasteiger partial charge in [-0.3, -0.25) is 9.59 Å². The molecule has 0 heterocycles. The molecular weight excluding hydrogens is 460 g/mol. The van der Waals surface area contributed by atoms with Crippen LogP contribution in [0.2, 0.25) is 5.02 Å². The Balaban J connectivity index is 1.88. The maximum atomic E-state index is 13.5. The van der Waals surface area contributed by atoms with E-state index in [-0.39, 0.29) is 25.0 Å². The SMILES string of the molecule is Cc1ccc(OCC(=O)N(Cc2ccc(Cl)cc2)[C@@H](Cc2ccccc2)C(=O)NCC(C)C)cc1. The van der Waals surface area contributed by atoms with Crippen molar-refractivity contribution < 1.29 is 14.3 Å². The van der Waals surface area contributed by atoms with E-state index in [1.807, 2.05) is 87.5 Å². The van der Waals surface area contributed by atoms with Crippen molar-refractivity contribution in [2.75, 3.05) is 13.2 Å². The van der Waals surface area contributed by atoms with Gasteiger partial charge in [-0.15, -0.1) is 0 Å². The monoisotopic (exact) mass is 492 g/mol. The Labute approximate surface area is 213 Å². The number of amides is 2. The van der Waals surface area contributed by atoms with E-state index in [0.717, 1.165) is 16.7 Å². The molecule has 0 saturated heterocycles. The summed E-state index contributed by atoms with van der Waals surface area (Å²) in [6.07, 6.45) is 0.397. The lowest BCUT2D eigenvalue weighted by Crippen LogP contribution is -2.52. The van der Waals surface area contributed by atoms with E-state index in [4.69, 9.17) is 16.3 Å². The average Bonchev–Trinajstić information content (AvgIpc) is 2.86. The molecule has 0 spiro atoms. The number of nitrogens with one attached hydrogen (secondary N) is 1. The predicted octanol–water partition coefficient (Wildman–Crippen LogP) is 5.44. The molecule has 3 aromatic rings. The summed E-state index contributed by atoms with van der Waals surface area (Å²) in [5.74, 6) is 0.460. The maximum absolute atomic E-state index is 13.5. The minimum atomic E-state index is -0.694. The molecular formula is C29H33ClN2O3. The van der Waals surface area contributed by atoms with Gasteiger partial charge in [0.1, 0.15) is 11.8 Å². The molecule has 3 rings (SSSR count). The first kappa shape index (κ1) is 26.3. The number of carbonyl (C=O) groups is 2. The summed E-state index contributed by atoms with van der Waals surface area (Å²) in [4.78, 5) is 28.5. The number of rotatable bonds is 11. The topological polar surface area (TPSA) is 58.6 Å². The summed E-state index contributed by atoms with van der Waals surface area (Å²) in [6, 6.07) is 23.9. The molecule has 0 aromatic heterocycles. The second kappa shape index (κ2) is 13.0. The summed E-state index contributed by atoms with van der Waals surface area (Å²) in [5, 5.41) is 3.63. The highest BCUT2D eigenvalue weighted by molar-refractivity contribution is 6.30. The fourth-order valence-electron chi connectivity index (χ4n) is 3.63. The first-order valence-corrected chi connectivity index (χ1v) is 12.2. The van der Waals surface area contributed by atoms with Gasteiger partial charge >= 0.3 is 0 Å². The molecule has 1 N–H and O–H groups in total.